The third-order valence-corrected chi connectivity index (χ3v) is 2.01. The van der Waals surface area contributed by atoms with Crippen molar-refractivity contribution in [2.24, 2.45) is 0 Å². The number of rotatable bonds is 1. The number of carbonyl (C=O) groups excluding carboxylic acids is 1. The molecule has 0 spiro atoms. The van der Waals surface area contributed by atoms with Crippen molar-refractivity contribution in [2.75, 3.05) is 13.2 Å². The third-order valence-electron chi connectivity index (χ3n) is 2.01. The predicted molar refractivity (Wildman–Crippen MR) is 64.4 cm³/mol. The second-order valence-corrected chi connectivity index (χ2v) is 3.24. The lowest BCUT2D eigenvalue weighted by molar-refractivity contribution is 0.101. The zero-order valence-electron chi connectivity index (χ0n) is 9.45. The Balaban J connectivity index is 3.22. The molecule has 2 N–H and O–H groups in total. The summed E-state index contributed by atoms with van der Waals surface area (Å²) in [5, 5.41) is 17.2. The summed E-state index contributed by atoms with van der Waals surface area (Å²) in [7, 11) is 0. The van der Waals surface area contributed by atoms with Crippen LogP contribution in [-0.2, 0) is 0 Å². The molecule has 17 heavy (non-hydrogen) atoms. The summed E-state index contributed by atoms with van der Waals surface area (Å²) < 4.78 is 0. The van der Waals surface area contributed by atoms with Gasteiger partial charge in [-0.05, 0) is 25.1 Å². The fourth-order valence-electron chi connectivity index (χ4n) is 1.30. The van der Waals surface area contributed by atoms with Crippen molar-refractivity contribution in [2.45, 2.75) is 6.92 Å². The average Bonchev–Trinajstić information content (AvgIpc) is 2.34. The summed E-state index contributed by atoms with van der Waals surface area (Å²) in [6.45, 7) is 0.980. The van der Waals surface area contributed by atoms with Crippen molar-refractivity contribution in [1.82, 2.24) is 0 Å². The third kappa shape index (κ3) is 3.77. The van der Waals surface area contributed by atoms with Gasteiger partial charge in [-0.25, -0.2) is 0 Å². The van der Waals surface area contributed by atoms with Gasteiger partial charge in [0.1, 0.15) is 13.2 Å². The second-order valence-electron chi connectivity index (χ2n) is 3.24. The van der Waals surface area contributed by atoms with Crippen LogP contribution in [0.2, 0.25) is 0 Å². The standard InChI is InChI=1S/C14H12O3/c1-11(17)14-10-12(4-2-8-15)6-7-13(14)5-3-9-16/h6-7,10,15-16H,8-9H2,1H3. The van der Waals surface area contributed by atoms with Crippen molar-refractivity contribution in [3.05, 3.63) is 34.9 Å². The van der Waals surface area contributed by atoms with Gasteiger partial charge in [-0.15, -0.1) is 0 Å². The molecule has 3 heteroatoms. The molecule has 0 aliphatic heterocycles. The van der Waals surface area contributed by atoms with E-state index >= 15 is 0 Å². The highest BCUT2D eigenvalue weighted by molar-refractivity contribution is 5.97. The Morgan fingerprint density at radius 1 is 1.18 bits per heavy atom. The minimum atomic E-state index is -0.247. The van der Waals surface area contributed by atoms with Gasteiger partial charge in [0.15, 0.2) is 5.78 Å². The fourth-order valence-corrected chi connectivity index (χ4v) is 1.30. The van der Waals surface area contributed by atoms with Crippen LogP contribution in [-0.4, -0.2) is 29.2 Å². The summed E-state index contributed by atoms with van der Waals surface area (Å²) in [5.41, 5.74) is 1.69. The SMILES string of the molecule is CC(=O)c1cc(C#CCO)ccc1C#CCO. The molecule has 0 radical (unpaired) electrons. The molecule has 0 saturated heterocycles. The number of aliphatic hydroxyl groups excluding tert-OH is 2. The molecule has 86 valence electrons. The number of Topliss-reactive ketones (excluding diaryl/α,β-unsaturated/α-hetero) is 1. The van der Waals surface area contributed by atoms with Crippen molar-refractivity contribution in [3.63, 3.8) is 0 Å². The van der Waals surface area contributed by atoms with Gasteiger partial charge >= 0.3 is 0 Å². The van der Waals surface area contributed by atoms with Gasteiger partial charge in [0.05, 0.1) is 0 Å². The maximum Gasteiger partial charge on any atom is 0.161 e. The van der Waals surface area contributed by atoms with E-state index in [0.29, 0.717) is 16.7 Å². The van der Waals surface area contributed by atoms with Crippen LogP contribution >= 0.6 is 0 Å². The average molecular weight is 228 g/mol. The molecule has 0 unspecified atom stereocenters. The maximum atomic E-state index is 11.4. The topological polar surface area (TPSA) is 57.5 Å². The van der Waals surface area contributed by atoms with Crippen molar-refractivity contribution in [1.29, 1.82) is 0 Å². The van der Waals surface area contributed by atoms with E-state index in [1.165, 1.54) is 6.92 Å². The van der Waals surface area contributed by atoms with Crippen molar-refractivity contribution in [3.8, 4) is 23.7 Å². The largest absolute Gasteiger partial charge is 0.384 e. The van der Waals surface area contributed by atoms with Crippen LogP contribution < -0.4 is 0 Å². The second kappa shape index (κ2) is 6.50. The summed E-state index contributed by atoms with van der Waals surface area (Å²) in [4.78, 5) is 11.4. The first-order valence-corrected chi connectivity index (χ1v) is 5.03. The summed E-state index contributed by atoms with van der Waals surface area (Å²) in [5.74, 6) is 10.3. The molecule has 0 bridgehead atoms. The number of ketones is 1. The predicted octanol–water partition coefficient (Wildman–Crippen LogP) is 0.577. The molecule has 0 atom stereocenters. The van der Waals surface area contributed by atoms with Crippen LogP contribution in [0.5, 0.6) is 0 Å². The van der Waals surface area contributed by atoms with E-state index in [1.807, 2.05) is 0 Å². The van der Waals surface area contributed by atoms with E-state index in [0.717, 1.165) is 0 Å². The Morgan fingerprint density at radius 2 is 1.82 bits per heavy atom. The Morgan fingerprint density at radius 3 is 2.41 bits per heavy atom. The Kier molecular flexibility index (Phi) is 4.97. The fraction of sp³-hybridized carbons (Fsp3) is 0.214. The zero-order valence-corrected chi connectivity index (χ0v) is 9.45. The number of hydrogen-bond acceptors (Lipinski definition) is 3. The number of carbonyl (C=O) groups is 1. The smallest absolute Gasteiger partial charge is 0.161 e. The molecule has 0 amide bonds. The normalized spacial score (nSPS) is 8.65. The Hall–Kier alpha value is -2.07. The highest BCUT2D eigenvalue weighted by Crippen LogP contribution is 2.11. The molecule has 0 aromatic heterocycles. The monoisotopic (exact) mass is 228 g/mol. The number of aliphatic hydroxyl groups is 2. The molecule has 1 rings (SSSR count). The van der Waals surface area contributed by atoms with Gasteiger partial charge < -0.3 is 10.2 Å². The molecule has 0 aliphatic rings. The van der Waals surface area contributed by atoms with Crippen LogP contribution in [0.1, 0.15) is 28.4 Å². The van der Waals surface area contributed by atoms with Gasteiger partial charge in [-0.2, -0.15) is 0 Å². The van der Waals surface area contributed by atoms with Gasteiger partial charge in [0.2, 0.25) is 0 Å². The molecular weight excluding hydrogens is 216 g/mol. The van der Waals surface area contributed by atoms with E-state index in [1.54, 1.807) is 18.2 Å². The lowest BCUT2D eigenvalue weighted by atomic mass is 10.0. The highest BCUT2D eigenvalue weighted by atomic mass is 16.3. The van der Waals surface area contributed by atoms with E-state index in [4.69, 9.17) is 10.2 Å². The van der Waals surface area contributed by atoms with Crippen LogP contribution in [0.15, 0.2) is 18.2 Å². The van der Waals surface area contributed by atoms with E-state index in [-0.39, 0.29) is 19.0 Å². The molecule has 0 fully saturated rings. The Bertz CT molecular complexity index is 536. The van der Waals surface area contributed by atoms with Crippen LogP contribution in [0.25, 0.3) is 0 Å². The zero-order chi connectivity index (χ0) is 12.7. The summed E-state index contributed by atoms with van der Waals surface area (Å²) in [6.07, 6.45) is 0. The number of hydrogen-bond donors (Lipinski definition) is 2. The van der Waals surface area contributed by atoms with Crippen molar-refractivity contribution >= 4 is 5.78 Å². The van der Waals surface area contributed by atoms with Crippen molar-refractivity contribution < 1.29 is 15.0 Å². The Labute approximate surface area is 100 Å². The number of benzene rings is 1. The minimum absolute atomic E-state index is 0.111. The van der Waals surface area contributed by atoms with Gasteiger partial charge in [0, 0.05) is 16.7 Å². The summed E-state index contributed by atoms with van der Waals surface area (Å²) >= 11 is 0. The van der Waals surface area contributed by atoms with Gasteiger partial charge in [-0.1, -0.05) is 23.7 Å². The quantitative estimate of drug-likeness (QED) is 0.546. The minimum Gasteiger partial charge on any atom is -0.384 e. The molecule has 3 nitrogen and oxygen atoms in total. The molecular formula is C14H12O3. The maximum absolute atomic E-state index is 11.4. The molecule has 0 heterocycles. The first-order valence-electron chi connectivity index (χ1n) is 5.03. The van der Waals surface area contributed by atoms with Gasteiger partial charge in [0.25, 0.3) is 0 Å². The molecule has 0 aliphatic carbocycles. The van der Waals surface area contributed by atoms with E-state index in [9.17, 15) is 4.79 Å². The lowest BCUT2D eigenvalue weighted by Gasteiger charge is -2.01. The van der Waals surface area contributed by atoms with Crippen LogP contribution in [0.4, 0.5) is 0 Å². The highest BCUT2D eigenvalue weighted by Gasteiger charge is 2.05. The van der Waals surface area contributed by atoms with E-state index < -0.39 is 0 Å². The van der Waals surface area contributed by atoms with Crippen LogP contribution in [0.3, 0.4) is 0 Å². The van der Waals surface area contributed by atoms with Crippen LogP contribution in [0, 0.1) is 23.7 Å². The molecule has 0 saturated carbocycles. The molecule has 1 aromatic rings. The first-order chi connectivity index (χ1) is 8.19. The first kappa shape index (κ1) is 13.0. The van der Waals surface area contributed by atoms with E-state index in [2.05, 4.69) is 23.7 Å². The summed E-state index contributed by atoms with van der Waals surface area (Å²) in [6, 6.07) is 5.03. The van der Waals surface area contributed by atoms with Gasteiger partial charge in [-0.3, -0.25) is 4.79 Å². The molecule has 1 aromatic carbocycles. The lowest BCUT2D eigenvalue weighted by Crippen LogP contribution is -1.97.